The van der Waals surface area contributed by atoms with Crippen molar-refractivity contribution in [2.45, 2.75) is 39.3 Å². The van der Waals surface area contributed by atoms with Crippen molar-refractivity contribution in [3.8, 4) is 0 Å². The van der Waals surface area contributed by atoms with Gasteiger partial charge in [-0.05, 0) is 5.92 Å². The zero-order chi connectivity index (χ0) is 13.5. The largest absolute Gasteiger partial charge is 0.476 e. The molecule has 1 unspecified atom stereocenters. The number of aromatic nitrogens is 1. The molecule has 5 nitrogen and oxygen atoms in total. The van der Waals surface area contributed by atoms with E-state index in [4.69, 9.17) is 5.11 Å². The molecule has 102 valence electrons. The topological polar surface area (TPSA) is 82.5 Å². The fraction of sp³-hybridized carbons (Fsp3) is 0.667. The molecule has 6 heteroatoms. The van der Waals surface area contributed by atoms with Gasteiger partial charge in [0, 0.05) is 18.5 Å². The van der Waals surface area contributed by atoms with Crippen molar-refractivity contribution in [2.75, 3.05) is 6.54 Å². The van der Waals surface area contributed by atoms with Crippen molar-refractivity contribution in [1.29, 1.82) is 0 Å². The summed E-state index contributed by atoms with van der Waals surface area (Å²) in [6, 6.07) is 0. The molecule has 0 saturated heterocycles. The number of carboxylic acid groups (broad SMARTS) is 1. The summed E-state index contributed by atoms with van der Waals surface area (Å²) in [6.07, 6.45) is 1.55. The van der Waals surface area contributed by atoms with E-state index in [1.165, 1.54) is 0 Å². The minimum Gasteiger partial charge on any atom is -0.476 e. The molecule has 0 aliphatic heterocycles. The van der Waals surface area contributed by atoms with E-state index in [9.17, 15) is 9.90 Å². The van der Waals surface area contributed by atoms with Crippen molar-refractivity contribution in [2.24, 2.45) is 5.92 Å². The van der Waals surface area contributed by atoms with E-state index < -0.39 is 5.97 Å². The number of hydrogen-bond acceptors (Lipinski definition) is 5. The van der Waals surface area contributed by atoms with Crippen LogP contribution in [0.15, 0.2) is 5.38 Å². The summed E-state index contributed by atoms with van der Waals surface area (Å²) in [5, 5.41) is 23.6. The van der Waals surface area contributed by atoms with Gasteiger partial charge in [-0.2, -0.15) is 0 Å². The van der Waals surface area contributed by atoms with Crippen LogP contribution < -0.4 is 5.32 Å². The molecule has 0 saturated carbocycles. The number of aliphatic hydroxyl groups is 1. The van der Waals surface area contributed by atoms with Crippen LogP contribution in [0.3, 0.4) is 0 Å². The lowest BCUT2D eigenvalue weighted by molar-refractivity contribution is 0.0696. The predicted molar refractivity (Wildman–Crippen MR) is 70.9 cm³/mol. The van der Waals surface area contributed by atoms with Gasteiger partial charge in [0.25, 0.3) is 0 Å². The average molecular weight is 272 g/mol. The molecule has 0 radical (unpaired) electrons. The third kappa shape index (κ3) is 4.36. The zero-order valence-corrected chi connectivity index (χ0v) is 11.5. The van der Waals surface area contributed by atoms with Gasteiger partial charge in [0.05, 0.1) is 11.8 Å². The molecule has 0 aromatic carbocycles. The molecule has 1 heterocycles. The Labute approximate surface area is 111 Å². The highest BCUT2D eigenvalue weighted by atomic mass is 32.1. The highest BCUT2D eigenvalue weighted by Gasteiger charge is 2.15. The van der Waals surface area contributed by atoms with Gasteiger partial charge in [-0.3, -0.25) is 0 Å². The molecule has 3 N–H and O–H groups in total. The zero-order valence-electron chi connectivity index (χ0n) is 10.7. The van der Waals surface area contributed by atoms with E-state index >= 15 is 0 Å². The van der Waals surface area contributed by atoms with Crippen LogP contribution in [0.2, 0.25) is 0 Å². The van der Waals surface area contributed by atoms with Crippen LogP contribution in [0.1, 0.15) is 42.2 Å². The second-order valence-electron chi connectivity index (χ2n) is 4.22. The molecular formula is C12H20N2O3S. The van der Waals surface area contributed by atoms with E-state index in [-0.39, 0.29) is 11.1 Å². The minimum absolute atomic E-state index is 0.104. The number of hydrogen-bond donors (Lipinski definition) is 3. The Hall–Kier alpha value is -0.980. The SMILES string of the molecule is CCC(CC)C(O)CNCc1csc(C(=O)O)n1. The van der Waals surface area contributed by atoms with Gasteiger partial charge in [0.2, 0.25) is 5.01 Å². The number of nitrogens with one attached hydrogen (secondary N) is 1. The third-order valence-corrected chi connectivity index (χ3v) is 3.87. The summed E-state index contributed by atoms with van der Waals surface area (Å²) in [6.45, 7) is 5.13. The Morgan fingerprint density at radius 3 is 2.67 bits per heavy atom. The molecule has 1 atom stereocenters. The molecule has 0 aliphatic rings. The molecule has 0 amide bonds. The first kappa shape index (κ1) is 15.1. The van der Waals surface area contributed by atoms with Crippen LogP contribution in [-0.2, 0) is 6.54 Å². The van der Waals surface area contributed by atoms with Crippen LogP contribution in [-0.4, -0.2) is 33.8 Å². The van der Waals surface area contributed by atoms with Crippen LogP contribution in [0.4, 0.5) is 0 Å². The lowest BCUT2D eigenvalue weighted by Gasteiger charge is -2.20. The van der Waals surface area contributed by atoms with E-state index in [2.05, 4.69) is 24.1 Å². The summed E-state index contributed by atoms with van der Waals surface area (Å²) in [5.41, 5.74) is 0.703. The summed E-state index contributed by atoms with van der Waals surface area (Å²) in [4.78, 5) is 14.6. The summed E-state index contributed by atoms with van der Waals surface area (Å²) in [7, 11) is 0. The van der Waals surface area contributed by atoms with Gasteiger partial charge in [-0.1, -0.05) is 26.7 Å². The molecule has 0 fully saturated rings. The van der Waals surface area contributed by atoms with Gasteiger partial charge < -0.3 is 15.5 Å². The van der Waals surface area contributed by atoms with Crippen molar-refractivity contribution >= 4 is 17.3 Å². The van der Waals surface area contributed by atoms with Gasteiger partial charge in [0.15, 0.2) is 0 Å². The van der Waals surface area contributed by atoms with Crippen LogP contribution in [0, 0.1) is 5.92 Å². The maximum absolute atomic E-state index is 10.7. The predicted octanol–water partition coefficient (Wildman–Crippen LogP) is 1.73. The molecular weight excluding hydrogens is 252 g/mol. The van der Waals surface area contributed by atoms with Gasteiger partial charge >= 0.3 is 5.97 Å². The first-order chi connectivity index (χ1) is 8.58. The van der Waals surface area contributed by atoms with Gasteiger partial charge in [-0.25, -0.2) is 9.78 Å². The molecule has 0 aliphatic carbocycles. The second-order valence-corrected chi connectivity index (χ2v) is 5.08. The Morgan fingerprint density at radius 1 is 1.50 bits per heavy atom. The van der Waals surface area contributed by atoms with Crippen molar-refractivity contribution < 1.29 is 15.0 Å². The number of aromatic carboxylic acids is 1. The van der Waals surface area contributed by atoms with E-state index in [0.29, 0.717) is 24.7 Å². The molecule has 18 heavy (non-hydrogen) atoms. The first-order valence-electron chi connectivity index (χ1n) is 6.14. The van der Waals surface area contributed by atoms with Gasteiger partial charge in [-0.15, -0.1) is 11.3 Å². The highest BCUT2D eigenvalue weighted by molar-refractivity contribution is 7.11. The second kappa shape index (κ2) is 7.45. The quantitative estimate of drug-likeness (QED) is 0.671. The van der Waals surface area contributed by atoms with Crippen LogP contribution in [0.5, 0.6) is 0 Å². The maximum Gasteiger partial charge on any atom is 0.365 e. The Kier molecular flexibility index (Phi) is 6.24. The molecule has 1 aromatic heterocycles. The van der Waals surface area contributed by atoms with Crippen molar-refractivity contribution in [1.82, 2.24) is 10.3 Å². The Morgan fingerprint density at radius 2 is 2.17 bits per heavy atom. The molecule has 1 rings (SSSR count). The average Bonchev–Trinajstić information content (AvgIpc) is 2.79. The first-order valence-corrected chi connectivity index (χ1v) is 7.02. The smallest absolute Gasteiger partial charge is 0.365 e. The van der Waals surface area contributed by atoms with Gasteiger partial charge in [0.1, 0.15) is 0 Å². The summed E-state index contributed by atoms with van der Waals surface area (Å²) < 4.78 is 0. The van der Waals surface area contributed by atoms with Crippen molar-refractivity contribution in [3.63, 3.8) is 0 Å². The number of rotatable bonds is 8. The van der Waals surface area contributed by atoms with Crippen LogP contribution >= 0.6 is 11.3 Å². The molecule has 1 aromatic rings. The minimum atomic E-state index is -0.997. The third-order valence-electron chi connectivity index (χ3n) is 2.99. The van der Waals surface area contributed by atoms with Crippen LogP contribution in [0.25, 0.3) is 0 Å². The fourth-order valence-electron chi connectivity index (χ4n) is 1.83. The summed E-state index contributed by atoms with van der Waals surface area (Å²) >= 11 is 1.12. The lowest BCUT2D eigenvalue weighted by atomic mass is 9.96. The highest BCUT2D eigenvalue weighted by Crippen LogP contribution is 2.13. The number of thiazole rings is 1. The van der Waals surface area contributed by atoms with E-state index in [1.54, 1.807) is 5.38 Å². The number of carboxylic acids is 1. The molecule has 0 spiro atoms. The number of carbonyl (C=O) groups is 1. The maximum atomic E-state index is 10.7. The van der Waals surface area contributed by atoms with E-state index in [0.717, 1.165) is 24.2 Å². The normalized spacial score (nSPS) is 12.9. The number of nitrogens with zero attached hydrogens (tertiary/aromatic N) is 1. The Bertz CT molecular complexity index is 377. The number of aliphatic hydroxyl groups excluding tert-OH is 1. The summed E-state index contributed by atoms with van der Waals surface area (Å²) in [5.74, 6) is -0.689. The monoisotopic (exact) mass is 272 g/mol. The standard InChI is InChI=1S/C12H20N2O3S/c1-3-8(4-2)10(15)6-13-5-9-7-18-11(14-9)12(16)17/h7-8,10,13,15H,3-6H2,1-2H3,(H,16,17). The van der Waals surface area contributed by atoms with E-state index in [1.807, 2.05) is 0 Å². The lowest BCUT2D eigenvalue weighted by Crippen LogP contribution is -2.32. The molecule has 0 bridgehead atoms. The van der Waals surface area contributed by atoms with Crippen molar-refractivity contribution in [3.05, 3.63) is 16.1 Å². The Balaban J connectivity index is 2.34. The fourth-order valence-corrected chi connectivity index (χ4v) is 2.49.